The number of nitriles is 1. The number of pyridine rings is 1. The number of carbonyl (C=O) groups is 1. The van der Waals surface area contributed by atoms with Crippen LogP contribution in [0.4, 0.5) is 11.5 Å². The Balaban J connectivity index is 1.40. The summed E-state index contributed by atoms with van der Waals surface area (Å²) < 4.78 is 5.15. The number of amides is 1. The highest BCUT2D eigenvalue weighted by atomic mass is 16.5. The standard InChI is InChI=1S/C25H31N5O2/c1-17(2)24-21-6-4-5-20(21)22(15-26)25(28-24)30-13-11-29(12-14-30)16-23(31)27-18-7-9-19(32-3)10-8-18/h7-10,17H,4-6,11-14,16H2,1-3H3,(H,27,31). The van der Waals surface area contributed by atoms with E-state index >= 15 is 0 Å². The zero-order chi connectivity index (χ0) is 22.7. The van der Waals surface area contributed by atoms with E-state index in [1.807, 2.05) is 24.3 Å². The van der Waals surface area contributed by atoms with Crippen molar-refractivity contribution in [2.45, 2.75) is 39.0 Å². The highest BCUT2D eigenvalue weighted by Crippen LogP contribution is 2.35. The van der Waals surface area contributed by atoms with Gasteiger partial charge >= 0.3 is 0 Å². The maximum absolute atomic E-state index is 12.5. The number of nitrogens with one attached hydrogen (secondary N) is 1. The fourth-order valence-corrected chi connectivity index (χ4v) is 4.69. The van der Waals surface area contributed by atoms with Gasteiger partial charge in [0.15, 0.2) is 0 Å². The van der Waals surface area contributed by atoms with Gasteiger partial charge in [0.25, 0.3) is 0 Å². The number of fused-ring (bicyclic) bond motifs is 1. The number of nitrogens with zero attached hydrogens (tertiary/aromatic N) is 4. The van der Waals surface area contributed by atoms with Crippen molar-refractivity contribution in [2.75, 3.05) is 50.1 Å². The lowest BCUT2D eigenvalue weighted by Crippen LogP contribution is -2.49. The molecule has 0 bridgehead atoms. The van der Waals surface area contributed by atoms with Gasteiger partial charge in [0.1, 0.15) is 17.6 Å². The lowest BCUT2D eigenvalue weighted by atomic mass is 9.97. The fourth-order valence-electron chi connectivity index (χ4n) is 4.69. The van der Waals surface area contributed by atoms with Gasteiger partial charge in [-0.25, -0.2) is 4.98 Å². The molecule has 0 radical (unpaired) electrons. The number of benzene rings is 1. The van der Waals surface area contributed by atoms with Crippen LogP contribution >= 0.6 is 0 Å². The van der Waals surface area contributed by atoms with E-state index in [-0.39, 0.29) is 5.91 Å². The van der Waals surface area contributed by atoms with Gasteiger partial charge in [0.05, 0.1) is 19.2 Å². The number of anilines is 2. The number of ether oxygens (including phenoxy) is 1. The van der Waals surface area contributed by atoms with Crippen LogP contribution in [-0.2, 0) is 17.6 Å². The Morgan fingerprint density at radius 2 is 1.84 bits per heavy atom. The van der Waals surface area contributed by atoms with Crippen molar-refractivity contribution in [3.05, 3.63) is 46.6 Å². The van der Waals surface area contributed by atoms with Gasteiger partial charge < -0.3 is 15.0 Å². The van der Waals surface area contributed by atoms with E-state index in [0.29, 0.717) is 12.5 Å². The van der Waals surface area contributed by atoms with Gasteiger partial charge in [-0.3, -0.25) is 9.69 Å². The molecule has 4 rings (SSSR count). The van der Waals surface area contributed by atoms with E-state index in [1.165, 1.54) is 11.1 Å². The Bertz CT molecular complexity index is 1020. The van der Waals surface area contributed by atoms with Crippen molar-refractivity contribution >= 4 is 17.4 Å². The zero-order valence-electron chi connectivity index (χ0n) is 19.1. The molecule has 2 aliphatic rings. The maximum atomic E-state index is 12.5. The van der Waals surface area contributed by atoms with Gasteiger partial charge in [0.2, 0.25) is 5.91 Å². The molecule has 1 aromatic heterocycles. The van der Waals surface area contributed by atoms with Crippen LogP contribution < -0.4 is 15.0 Å². The van der Waals surface area contributed by atoms with Crippen LogP contribution in [0.1, 0.15) is 48.6 Å². The molecule has 1 aromatic carbocycles. The molecule has 0 spiro atoms. The van der Waals surface area contributed by atoms with E-state index in [4.69, 9.17) is 9.72 Å². The summed E-state index contributed by atoms with van der Waals surface area (Å²) in [5.41, 5.74) is 5.17. The number of hydrogen-bond donors (Lipinski definition) is 1. The van der Waals surface area contributed by atoms with Crippen LogP contribution in [0.5, 0.6) is 5.75 Å². The zero-order valence-corrected chi connectivity index (χ0v) is 19.1. The predicted molar refractivity (Wildman–Crippen MR) is 125 cm³/mol. The van der Waals surface area contributed by atoms with Crippen LogP contribution in [-0.4, -0.2) is 55.6 Å². The third-order valence-corrected chi connectivity index (χ3v) is 6.35. The second kappa shape index (κ2) is 9.58. The molecule has 1 fully saturated rings. The predicted octanol–water partition coefficient (Wildman–Crippen LogP) is 3.33. The quantitative estimate of drug-likeness (QED) is 0.753. The van der Waals surface area contributed by atoms with Gasteiger partial charge in [-0.05, 0) is 60.6 Å². The first-order chi connectivity index (χ1) is 15.5. The smallest absolute Gasteiger partial charge is 0.238 e. The summed E-state index contributed by atoms with van der Waals surface area (Å²) in [4.78, 5) is 21.8. The lowest BCUT2D eigenvalue weighted by molar-refractivity contribution is -0.117. The van der Waals surface area contributed by atoms with Crippen molar-refractivity contribution in [3.63, 3.8) is 0 Å². The first-order valence-corrected chi connectivity index (χ1v) is 11.4. The summed E-state index contributed by atoms with van der Waals surface area (Å²) in [6.07, 6.45) is 3.10. The third-order valence-electron chi connectivity index (χ3n) is 6.35. The minimum Gasteiger partial charge on any atom is -0.497 e. The van der Waals surface area contributed by atoms with Gasteiger partial charge in [0, 0.05) is 37.6 Å². The van der Waals surface area contributed by atoms with Crippen molar-refractivity contribution in [1.29, 1.82) is 5.26 Å². The largest absolute Gasteiger partial charge is 0.497 e. The van der Waals surface area contributed by atoms with Gasteiger partial charge in [-0.15, -0.1) is 0 Å². The molecule has 7 nitrogen and oxygen atoms in total. The maximum Gasteiger partial charge on any atom is 0.238 e. The van der Waals surface area contributed by atoms with E-state index in [9.17, 15) is 10.1 Å². The normalized spacial score (nSPS) is 16.0. The van der Waals surface area contributed by atoms with Crippen LogP contribution in [0.3, 0.4) is 0 Å². The summed E-state index contributed by atoms with van der Waals surface area (Å²) in [5.74, 6) is 1.91. The Morgan fingerprint density at radius 3 is 2.47 bits per heavy atom. The molecule has 0 atom stereocenters. The van der Waals surface area contributed by atoms with Crippen LogP contribution in [0.2, 0.25) is 0 Å². The Labute approximate surface area is 190 Å². The van der Waals surface area contributed by atoms with Crippen molar-refractivity contribution < 1.29 is 9.53 Å². The molecular weight excluding hydrogens is 402 g/mol. The summed E-state index contributed by atoms with van der Waals surface area (Å²) >= 11 is 0. The Morgan fingerprint density at radius 1 is 1.16 bits per heavy atom. The Kier molecular flexibility index (Phi) is 6.61. The summed E-state index contributed by atoms with van der Waals surface area (Å²) in [5, 5.41) is 12.8. The molecule has 2 heterocycles. The molecule has 7 heteroatoms. The van der Waals surface area contributed by atoms with Crippen LogP contribution in [0.15, 0.2) is 24.3 Å². The lowest BCUT2D eigenvalue weighted by Gasteiger charge is -2.36. The number of methoxy groups -OCH3 is 1. The summed E-state index contributed by atoms with van der Waals surface area (Å²) in [7, 11) is 1.62. The van der Waals surface area contributed by atoms with Crippen molar-refractivity contribution in [1.82, 2.24) is 9.88 Å². The molecule has 0 unspecified atom stereocenters. The third kappa shape index (κ3) is 4.56. The molecule has 168 valence electrons. The van der Waals surface area contributed by atoms with E-state index in [0.717, 1.165) is 74.0 Å². The SMILES string of the molecule is COc1ccc(NC(=O)CN2CCN(c3nc(C(C)C)c4c(c3C#N)CCC4)CC2)cc1. The fraction of sp³-hybridized carbons (Fsp3) is 0.480. The van der Waals surface area contributed by atoms with E-state index in [1.54, 1.807) is 7.11 Å². The number of aromatic nitrogens is 1. The summed E-state index contributed by atoms with van der Waals surface area (Å²) in [6, 6.07) is 9.78. The van der Waals surface area contributed by atoms with Gasteiger partial charge in [-0.2, -0.15) is 5.26 Å². The molecule has 1 aliphatic carbocycles. The second-order valence-corrected chi connectivity index (χ2v) is 8.81. The topological polar surface area (TPSA) is 81.5 Å². The molecule has 1 amide bonds. The molecule has 1 aliphatic heterocycles. The highest BCUT2D eigenvalue weighted by molar-refractivity contribution is 5.92. The van der Waals surface area contributed by atoms with Crippen molar-refractivity contribution in [3.8, 4) is 11.8 Å². The molecule has 32 heavy (non-hydrogen) atoms. The molecule has 1 N–H and O–H groups in total. The molecular formula is C25H31N5O2. The highest BCUT2D eigenvalue weighted by Gasteiger charge is 2.28. The number of rotatable bonds is 6. The monoisotopic (exact) mass is 433 g/mol. The average Bonchev–Trinajstić information content (AvgIpc) is 3.28. The van der Waals surface area contributed by atoms with E-state index in [2.05, 4.69) is 35.0 Å². The first-order valence-electron chi connectivity index (χ1n) is 11.4. The Hall–Kier alpha value is -3.11. The number of carbonyl (C=O) groups excluding carboxylic acids is 1. The summed E-state index contributed by atoms with van der Waals surface area (Å²) in [6.45, 7) is 7.74. The average molecular weight is 434 g/mol. The van der Waals surface area contributed by atoms with Gasteiger partial charge in [-0.1, -0.05) is 13.8 Å². The first kappa shape index (κ1) is 22.1. The van der Waals surface area contributed by atoms with E-state index < -0.39 is 0 Å². The van der Waals surface area contributed by atoms with Crippen LogP contribution in [0, 0.1) is 11.3 Å². The number of hydrogen-bond acceptors (Lipinski definition) is 6. The molecule has 2 aromatic rings. The second-order valence-electron chi connectivity index (χ2n) is 8.81. The van der Waals surface area contributed by atoms with Crippen molar-refractivity contribution in [2.24, 2.45) is 0 Å². The van der Waals surface area contributed by atoms with Crippen LogP contribution in [0.25, 0.3) is 0 Å². The molecule has 0 saturated carbocycles. The minimum atomic E-state index is -0.0286. The minimum absolute atomic E-state index is 0.0286. The molecule has 1 saturated heterocycles. The number of piperazine rings is 1.